The second kappa shape index (κ2) is 7.62. The van der Waals surface area contributed by atoms with Crippen LogP contribution in [0.15, 0.2) is 42.7 Å². The second-order valence-electron chi connectivity index (χ2n) is 6.60. The molecule has 0 unspecified atom stereocenters. The number of benzene rings is 1. The van der Waals surface area contributed by atoms with E-state index in [2.05, 4.69) is 5.10 Å². The standard InChI is InChI=1S/C19H25N3O2/c1-21-14-15(13-20-21)7-8-18(23)22-11-9-17(10-12-22)19(24)16-5-3-2-4-6-16/h2-6,13-14,17,19,24H,7-12H2,1H3/t19-/m1/s1. The fourth-order valence-electron chi connectivity index (χ4n) is 3.40. The van der Waals surface area contributed by atoms with Crippen molar-refractivity contribution in [1.29, 1.82) is 0 Å². The van der Waals surface area contributed by atoms with Crippen LogP contribution in [-0.4, -0.2) is 38.8 Å². The van der Waals surface area contributed by atoms with Crippen LogP contribution in [0.5, 0.6) is 0 Å². The van der Waals surface area contributed by atoms with Crippen LogP contribution in [0.1, 0.15) is 36.5 Å². The van der Waals surface area contributed by atoms with Gasteiger partial charge < -0.3 is 10.0 Å². The molecule has 0 spiro atoms. The molecule has 3 rings (SSSR count). The molecule has 128 valence electrons. The van der Waals surface area contributed by atoms with E-state index in [9.17, 15) is 9.90 Å². The Hall–Kier alpha value is -2.14. The zero-order chi connectivity index (χ0) is 16.9. The molecule has 5 nitrogen and oxygen atoms in total. The van der Waals surface area contributed by atoms with Crippen LogP contribution in [0.4, 0.5) is 0 Å². The summed E-state index contributed by atoms with van der Waals surface area (Å²) >= 11 is 0. The number of aliphatic hydroxyl groups excluding tert-OH is 1. The van der Waals surface area contributed by atoms with Crippen LogP contribution in [0.25, 0.3) is 0 Å². The van der Waals surface area contributed by atoms with Gasteiger partial charge in [-0.3, -0.25) is 9.48 Å². The Labute approximate surface area is 142 Å². The quantitative estimate of drug-likeness (QED) is 0.917. The third-order valence-electron chi connectivity index (χ3n) is 4.87. The van der Waals surface area contributed by atoms with Crippen molar-refractivity contribution >= 4 is 5.91 Å². The zero-order valence-corrected chi connectivity index (χ0v) is 14.1. The molecule has 1 amide bonds. The van der Waals surface area contributed by atoms with E-state index in [4.69, 9.17) is 0 Å². The largest absolute Gasteiger partial charge is 0.388 e. The van der Waals surface area contributed by atoms with E-state index in [0.29, 0.717) is 6.42 Å². The molecule has 2 aromatic rings. The number of aryl methyl sites for hydroxylation is 2. The number of amides is 1. The maximum Gasteiger partial charge on any atom is 0.222 e. The Morgan fingerprint density at radius 3 is 2.62 bits per heavy atom. The monoisotopic (exact) mass is 327 g/mol. The summed E-state index contributed by atoms with van der Waals surface area (Å²) in [4.78, 5) is 14.3. The first-order valence-electron chi connectivity index (χ1n) is 8.62. The molecule has 1 aliphatic heterocycles. The van der Waals surface area contributed by atoms with Gasteiger partial charge in [-0.25, -0.2) is 0 Å². The molecule has 1 aromatic heterocycles. The van der Waals surface area contributed by atoms with Crippen LogP contribution in [-0.2, 0) is 18.3 Å². The number of aliphatic hydroxyl groups is 1. The summed E-state index contributed by atoms with van der Waals surface area (Å²) in [5.74, 6) is 0.432. The summed E-state index contributed by atoms with van der Waals surface area (Å²) in [5, 5.41) is 14.6. The number of aromatic nitrogens is 2. The van der Waals surface area contributed by atoms with E-state index in [1.807, 2.05) is 54.7 Å². The van der Waals surface area contributed by atoms with E-state index in [0.717, 1.165) is 43.5 Å². The third-order valence-corrected chi connectivity index (χ3v) is 4.87. The normalized spacial score (nSPS) is 17.0. The van der Waals surface area contributed by atoms with Gasteiger partial charge in [0, 0.05) is 32.8 Å². The van der Waals surface area contributed by atoms with Gasteiger partial charge in [0.2, 0.25) is 5.91 Å². The molecular weight excluding hydrogens is 302 g/mol. The topological polar surface area (TPSA) is 58.4 Å². The van der Waals surface area contributed by atoms with Gasteiger partial charge in [-0.1, -0.05) is 30.3 Å². The SMILES string of the molecule is Cn1cc(CCC(=O)N2CCC([C@H](O)c3ccccc3)CC2)cn1. The molecule has 0 radical (unpaired) electrons. The van der Waals surface area contributed by atoms with Crippen LogP contribution in [0.2, 0.25) is 0 Å². The molecular formula is C19H25N3O2. The van der Waals surface area contributed by atoms with Crippen molar-refractivity contribution in [2.75, 3.05) is 13.1 Å². The Morgan fingerprint density at radius 1 is 1.29 bits per heavy atom. The summed E-state index contributed by atoms with van der Waals surface area (Å²) in [6, 6.07) is 9.80. The van der Waals surface area contributed by atoms with Gasteiger partial charge in [0.25, 0.3) is 0 Å². The summed E-state index contributed by atoms with van der Waals surface area (Å²) in [6.45, 7) is 1.47. The van der Waals surface area contributed by atoms with E-state index in [1.54, 1.807) is 4.68 Å². The molecule has 1 aromatic carbocycles. The Morgan fingerprint density at radius 2 is 2.00 bits per heavy atom. The van der Waals surface area contributed by atoms with Crippen molar-refractivity contribution in [1.82, 2.24) is 14.7 Å². The molecule has 0 aliphatic carbocycles. The first-order chi connectivity index (χ1) is 11.6. The number of nitrogens with zero attached hydrogens (tertiary/aromatic N) is 3. The van der Waals surface area contributed by atoms with Gasteiger partial charge in [0.05, 0.1) is 12.3 Å². The Kier molecular flexibility index (Phi) is 5.30. The highest BCUT2D eigenvalue weighted by atomic mass is 16.3. The highest BCUT2D eigenvalue weighted by Gasteiger charge is 2.27. The minimum atomic E-state index is -0.432. The maximum atomic E-state index is 12.4. The van der Waals surface area contributed by atoms with Gasteiger partial charge in [-0.15, -0.1) is 0 Å². The number of rotatable bonds is 5. The molecule has 0 bridgehead atoms. The van der Waals surface area contributed by atoms with Crippen molar-refractivity contribution in [2.45, 2.75) is 31.8 Å². The Balaban J connectivity index is 1.47. The lowest BCUT2D eigenvalue weighted by molar-refractivity contribution is -0.133. The smallest absolute Gasteiger partial charge is 0.222 e. The van der Waals surface area contributed by atoms with Crippen LogP contribution >= 0.6 is 0 Å². The van der Waals surface area contributed by atoms with E-state index in [1.165, 1.54) is 0 Å². The number of hydrogen-bond donors (Lipinski definition) is 1. The summed E-state index contributed by atoms with van der Waals surface area (Å²) in [7, 11) is 1.88. The molecule has 1 N–H and O–H groups in total. The maximum absolute atomic E-state index is 12.4. The first-order valence-corrected chi connectivity index (χ1v) is 8.62. The zero-order valence-electron chi connectivity index (χ0n) is 14.1. The average Bonchev–Trinajstić information content (AvgIpc) is 3.05. The fourth-order valence-corrected chi connectivity index (χ4v) is 3.40. The molecule has 5 heteroatoms. The van der Waals surface area contributed by atoms with Gasteiger partial charge in [-0.2, -0.15) is 5.10 Å². The molecule has 1 fully saturated rings. The van der Waals surface area contributed by atoms with Crippen LogP contribution in [0.3, 0.4) is 0 Å². The Bertz CT molecular complexity index is 660. The highest BCUT2D eigenvalue weighted by Crippen LogP contribution is 2.30. The first kappa shape index (κ1) is 16.7. The van der Waals surface area contributed by atoms with Crippen molar-refractivity contribution in [2.24, 2.45) is 13.0 Å². The van der Waals surface area contributed by atoms with Gasteiger partial charge in [-0.05, 0) is 36.3 Å². The average molecular weight is 327 g/mol. The molecule has 1 saturated heterocycles. The second-order valence-corrected chi connectivity index (χ2v) is 6.60. The highest BCUT2D eigenvalue weighted by molar-refractivity contribution is 5.76. The van der Waals surface area contributed by atoms with E-state index >= 15 is 0 Å². The summed E-state index contributed by atoms with van der Waals surface area (Å²) in [5.41, 5.74) is 2.07. The number of carbonyl (C=O) groups is 1. The van der Waals surface area contributed by atoms with Gasteiger partial charge in [0.15, 0.2) is 0 Å². The van der Waals surface area contributed by atoms with Crippen LogP contribution < -0.4 is 0 Å². The van der Waals surface area contributed by atoms with E-state index < -0.39 is 6.10 Å². The predicted octanol–water partition coefficient (Wildman–Crippen LogP) is 2.32. The minimum absolute atomic E-state index is 0.200. The third kappa shape index (κ3) is 4.03. The minimum Gasteiger partial charge on any atom is -0.388 e. The number of piperidine rings is 1. The van der Waals surface area contributed by atoms with E-state index in [-0.39, 0.29) is 11.8 Å². The fraction of sp³-hybridized carbons (Fsp3) is 0.474. The number of likely N-dealkylation sites (tertiary alicyclic amines) is 1. The van der Waals surface area contributed by atoms with Crippen molar-refractivity contribution in [3.05, 3.63) is 53.9 Å². The summed E-state index contributed by atoms with van der Waals surface area (Å²) < 4.78 is 1.76. The van der Waals surface area contributed by atoms with Gasteiger partial charge >= 0.3 is 0 Å². The summed E-state index contributed by atoms with van der Waals surface area (Å²) in [6.07, 6.45) is 6.31. The predicted molar refractivity (Wildman–Crippen MR) is 92.2 cm³/mol. The van der Waals surface area contributed by atoms with Gasteiger partial charge in [0.1, 0.15) is 0 Å². The molecule has 0 saturated carbocycles. The number of carbonyl (C=O) groups excluding carboxylic acids is 1. The lowest BCUT2D eigenvalue weighted by Gasteiger charge is -2.34. The van der Waals surface area contributed by atoms with Crippen molar-refractivity contribution in [3.63, 3.8) is 0 Å². The van der Waals surface area contributed by atoms with Crippen molar-refractivity contribution in [3.8, 4) is 0 Å². The lowest BCUT2D eigenvalue weighted by Crippen LogP contribution is -2.39. The molecule has 1 atom stereocenters. The lowest BCUT2D eigenvalue weighted by atomic mass is 9.87. The molecule has 1 aliphatic rings. The van der Waals surface area contributed by atoms with Crippen molar-refractivity contribution < 1.29 is 9.90 Å². The van der Waals surface area contributed by atoms with Crippen LogP contribution in [0, 0.1) is 5.92 Å². The number of hydrogen-bond acceptors (Lipinski definition) is 3. The molecule has 2 heterocycles. The molecule has 24 heavy (non-hydrogen) atoms.